The third-order valence-electron chi connectivity index (χ3n) is 3.76. The van der Waals surface area contributed by atoms with Crippen molar-refractivity contribution in [2.75, 3.05) is 6.54 Å². The van der Waals surface area contributed by atoms with E-state index in [1.807, 2.05) is 0 Å². The van der Waals surface area contributed by atoms with Crippen molar-refractivity contribution in [2.24, 2.45) is 17.6 Å². The molecule has 1 aromatic rings. The number of Topliss-reactive ketones (excluding diaryl/α,β-unsaturated/α-hetero) is 1. The second-order valence-electron chi connectivity index (χ2n) is 4.91. The lowest BCUT2D eigenvalue weighted by molar-refractivity contribution is -0.123. The Morgan fingerprint density at radius 3 is 2.89 bits per heavy atom. The minimum atomic E-state index is -0.404. The van der Waals surface area contributed by atoms with Crippen molar-refractivity contribution in [1.29, 1.82) is 0 Å². The van der Waals surface area contributed by atoms with Gasteiger partial charge in [-0.1, -0.05) is 24.1 Å². The lowest BCUT2D eigenvalue weighted by atomic mass is 9.89. The second kappa shape index (κ2) is 5.81. The van der Waals surface area contributed by atoms with Gasteiger partial charge in [-0.15, -0.1) is 0 Å². The summed E-state index contributed by atoms with van der Waals surface area (Å²) in [7, 11) is 0. The molecular weight excluding hydrogens is 253 g/mol. The van der Waals surface area contributed by atoms with Crippen molar-refractivity contribution in [3.8, 4) is 0 Å². The van der Waals surface area contributed by atoms with Gasteiger partial charge < -0.3 is 5.73 Å². The molecule has 2 N–H and O–H groups in total. The van der Waals surface area contributed by atoms with Gasteiger partial charge in [0.15, 0.2) is 0 Å². The van der Waals surface area contributed by atoms with Crippen LogP contribution in [0.15, 0.2) is 18.2 Å². The minimum Gasteiger partial charge on any atom is -0.330 e. The number of carbonyl (C=O) groups is 1. The van der Waals surface area contributed by atoms with Crippen molar-refractivity contribution < 1.29 is 9.18 Å². The van der Waals surface area contributed by atoms with Gasteiger partial charge in [-0.2, -0.15) is 0 Å². The van der Waals surface area contributed by atoms with Gasteiger partial charge in [0.1, 0.15) is 11.6 Å². The van der Waals surface area contributed by atoms with E-state index in [0.29, 0.717) is 17.1 Å². The zero-order valence-electron chi connectivity index (χ0n) is 10.2. The van der Waals surface area contributed by atoms with Gasteiger partial charge in [0.2, 0.25) is 0 Å². The maximum Gasteiger partial charge on any atom is 0.140 e. The van der Waals surface area contributed by atoms with Crippen LogP contribution in [0.1, 0.15) is 24.8 Å². The Kier molecular flexibility index (Phi) is 4.36. The van der Waals surface area contributed by atoms with E-state index in [1.54, 1.807) is 12.1 Å². The number of hydrogen-bond acceptors (Lipinski definition) is 2. The maximum absolute atomic E-state index is 13.6. The molecule has 2 atom stereocenters. The summed E-state index contributed by atoms with van der Waals surface area (Å²) in [6.07, 6.45) is 3.08. The Bertz CT molecular complexity index is 449. The van der Waals surface area contributed by atoms with E-state index in [1.165, 1.54) is 6.07 Å². The molecule has 1 saturated carbocycles. The summed E-state index contributed by atoms with van der Waals surface area (Å²) in [5.41, 5.74) is 6.08. The largest absolute Gasteiger partial charge is 0.330 e. The highest BCUT2D eigenvalue weighted by Crippen LogP contribution is 2.32. The zero-order chi connectivity index (χ0) is 13.1. The van der Waals surface area contributed by atoms with Gasteiger partial charge in [0.25, 0.3) is 0 Å². The van der Waals surface area contributed by atoms with E-state index in [4.69, 9.17) is 17.3 Å². The van der Waals surface area contributed by atoms with Gasteiger partial charge in [0.05, 0.1) is 0 Å². The number of halogens is 2. The highest BCUT2D eigenvalue weighted by molar-refractivity contribution is 6.30. The zero-order valence-corrected chi connectivity index (χ0v) is 10.9. The lowest BCUT2D eigenvalue weighted by Gasteiger charge is -2.16. The molecule has 0 radical (unpaired) electrons. The van der Waals surface area contributed by atoms with Crippen LogP contribution < -0.4 is 5.73 Å². The molecule has 0 aliphatic heterocycles. The van der Waals surface area contributed by atoms with Crippen LogP contribution in [-0.4, -0.2) is 12.3 Å². The average molecular weight is 270 g/mol. The van der Waals surface area contributed by atoms with Crippen molar-refractivity contribution in [1.82, 2.24) is 0 Å². The number of hydrogen-bond donors (Lipinski definition) is 1. The molecule has 1 aliphatic rings. The molecule has 1 fully saturated rings. The van der Waals surface area contributed by atoms with Crippen LogP contribution in [0.2, 0.25) is 5.02 Å². The first-order valence-electron chi connectivity index (χ1n) is 6.28. The highest BCUT2D eigenvalue weighted by Gasteiger charge is 2.31. The molecule has 0 spiro atoms. The van der Waals surface area contributed by atoms with E-state index in [0.717, 1.165) is 19.3 Å². The van der Waals surface area contributed by atoms with Gasteiger partial charge in [-0.3, -0.25) is 4.79 Å². The van der Waals surface area contributed by atoms with Crippen LogP contribution in [0.25, 0.3) is 0 Å². The van der Waals surface area contributed by atoms with Gasteiger partial charge in [0, 0.05) is 17.4 Å². The van der Waals surface area contributed by atoms with Gasteiger partial charge in [-0.25, -0.2) is 4.39 Å². The molecule has 18 heavy (non-hydrogen) atoms. The molecule has 0 aromatic heterocycles. The first kappa shape index (κ1) is 13.5. The number of ketones is 1. The van der Waals surface area contributed by atoms with E-state index in [9.17, 15) is 9.18 Å². The highest BCUT2D eigenvalue weighted by atomic mass is 35.5. The van der Waals surface area contributed by atoms with Crippen LogP contribution >= 0.6 is 11.6 Å². The summed E-state index contributed by atoms with van der Waals surface area (Å²) in [5.74, 6) is -0.0275. The van der Waals surface area contributed by atoms with Crippen LogP contribution in [0.4, 0.5) is 4.39 Å². The quantitative estimate of drug-likeness (QED) is 0.913. The Morgan fingerprint density at radius 1 is 1.44 bits per heavy atom. The fourth-order valence-electron chi connectivity index (χ4n) is 2.73. The number of rotatable bonds is 4. The fraction of sp³-hybridized carbons (Fsp3) is 0.500. The van der Waals surface area contributed by atoms with E-state index in [2.05, 4.69) is 0 Å². The molecular formula is C14H17ClFNO. The Balaban J connectivity index is 2.07. The summed E-state index contributed by atoms with van der Waals surface area (Å²) in [6, 6.07) is 4.45. The monoisotopic (exact) mass is 269 g/mol. The molecule has 2 nitrogen and oxygen atoms in total. The van der Waals surface area contributed by atoms with Gasteiger partial charge >= 0.3 is 0 Å². The van der Waals surface area contributed by atoms with Crippen molar-refractivity contribution in [3.05, 3.63) is 34.6 Å². The molecule has 2 unspecified atom stereocenters. The normalized spacial score (nSPS) is 23.3. The maximum atomic E-state index is 13.6. The molecule has 0 saturated heterocycles. The second-order valence-corrected chi connectivity index (χ2v) is 5.35. The van der Waals surface area contributed by atoms with Crippen LogP contribution in [0.3, 0.4) is 0 Å². The molecule has 4 heteroatoms. The number of carbonyl (C=O) groups excluding carboxylic acids is 1. The Hall–Kier alpha value is -0.930. The van der Waals surface area contributed by atoms with Crippen LogP contribution in [0, 0.1) is 17.7 Å². The van der Waals surface area contributed by atoms with Crippen molar-refractivity contribution in [2.45, 2.75) is 25.7 Å². The lowest BCUT2D eigenvalue weighted by Crippen LogP contribution is -2.26. The predicted molar refractivity (Wildman–Crippen MR) is 70.0 cm³/mol. The van der Waals surface area contributed by atoms with Crippen molar-refractivity contribution in [3.63, 3.8) is 0 Å². The predicted octanol–water partition coefficient (Wildman–Crippen LogP) is 2.97. The molecule has 1 aliphatic carbocycles. The summed E-state index contributed by atoms with van der Waals surface area (Å²) in [5, 5.41) is 0.351. The van der Waals surface area contributed by atoms with E-state index >= 15 is 0 Å². The Morgan fingerprint density at radius 2 is 2.22 bits per heavy atom. The summed E-state index contributed by atoms with van der Waals surface area (Å²) < 4.78 is 13.6. The smallest absolute Gasteiger partial charge is 0.140 e. The van der Waals surface area contributed by atoms with Gasteiger partial charge in [-0.05, 0) is 43.0 Å². The molecule has 0 amide bonds. The SMILES string of the molecule is NCC1CCCC1C(=O)Cc1ccc(Cl)cc1F. The summed E-state index contributed by atoms with van der Waals surface area (Å²) in [6.45, 7) is 0.541. The first-order chi connectivity index (χ1) is 8.61. The average Bonchev–Trinajstić information content (AvgIpc) is 2.81. The Labute approximate surface area is 111 Å². The molecule has 0 heterocycles. The molecule has 98 valence electrons. The third kappa shape index (κ3) is 2.90. The topological polar surface area (TPSA) is 43.1 Å². The van der Waals surface area contributed by atoms with Crippen LogP contribution in [-0.2, 0) is 11.2 Å². The van der Waals surface area contributed by atoms with Crippen LogP contribution in [0.5, 0.6) is 0 Å². The molecule has 1 aromatic carbocycles. The standard InChI is InChI=1S/C14H17ClFNO/c15-11-5-4-9(13(16)7-11)6-14(18)12-3-1-2-10(12)8-17/h4-5,7,10,12H,1-3,6,8,17H2. The number of nitrogens with two attached hydrogens (primary N) is 1. The molecule has 2 rings (SSSR count). The van der Waals surface area contributed by atoms with E-state index in [-0.39, 0.29) is 24.0 Å². The third-order valence-corrected chi connectivity index (χ3v) is 3.99. The van der Waals surface area contributed by atoms with Crippen molar-refractivity contribution >= 4 is 17.4 Å². The summed E-state index contributed by atoms with van der Waals surface area (Å²) in [4.78, 5) is 12.2. The van der Waals surface area contributed by atoms with E-state index < -0.39 is 5.82 Å². The minimum absolute atomic E-state index is 0.00470. The molecule has 0 bridgehead atoms. The summed E-state index contributed by atoms with van der Waals surface area (Å²) >= 11 is 5.68. The fourth-order valence-corrected chi connectivity index (χ4v) is 2.89. The first-order valence-corrected chi connectivity index (χ1v) is 6.66. The number of benzene rings is 1.